The summed E-state index contributed by atoms with van der Waals surface area (Å²) in [5.41, 5.74) is 5.23. The van der Waals surface area contributed by atoms with Crippen molar-refractivity contribution in [2.45, 2.75) is 20.2 Å². The SMILES string of the molecule is [2H]c1c([2H])c([2H])c(-c2cccc(-c3c([2H])c([2H])c([2H])c([2H])c3[2H])c2-[n+]2[c-]n(-c3[c-]c(Oc4[c-]c5c(cc4)c4ccccc4n5-c4cc(C([2H])([2H])C(C)C)ccn4)ccc3)c3ccc(-c4ccccc4)cc32)c([2H])c1[2H].[Pt]. The van der Waals surface area contributed by atoms with Crippen LogP contribution in [0.2, 0.25) is 0 Å². The molecule has 0 aliphatic carbocycles. The van der Waals surface area contributed by atoms with Crippen LogP contribution in [-0.4, -0.2) is 14.1 Å². The van der Waals surface area contributed by atoms with Gasteiger partial charge in [0.25, 0.3) is 6.33 Å². The third-order valence-electron chi connectivity index (χ3n) is 10.8. The minimum atomic E-state index is -1.61. The standard InChI is InChI=1S/C58H42N4O.Pt/c1-40(2)34-41-32-33-59-57(35-41)62-53-27-13-12-24-51(53)52-30-29-48(38-55(52)62)63-47-23-14-22-46(37-47)60-39-61(56-36-45(28-31-54(56)60)42-16-6-3-7-17-42)58-49(43-18-8-4-9-19-43)25-15-26-50(58)44-20-10-5-11-21-44;/h3-33,35-36,40H,34H2,1-2H3;/q-2;/i4D,5D,8D,9D,10D,11D,18D,19D,20D,21D,34D2;. The number of aromatic nitrogens is 4. The minimum Gasteiger partial charge on any atom is -0.510 e. The van der Waals surface area contributed by atoms with E-state index in [0.717, 1.165) is 27.4 Å². The molecule has 0 spiro atoms. The van der Waals surface area contributed by atoms with Gasteiger partial charge < -0.3 is 13.9 Å². The van der Waals surface area contributed by atoms with Crippen LogP contribution in [0.5, 0.6) is 11.5 Å². The van der Waals surface area contributed by atoms with Gasteiger partial charge in [0, 0.05) is 47.0 Å². The Hall–Kier alpha value is -7.33. The van der Waals surface area contributed by atoms with Gasteiger partial charge in [-0.3, -0.25) is 4.57 Å². The summed E-state index contributed by atoms with van der Waals surface area (Å²) in [5.74, 6) is 0.892. The number of rotatable bonds is 10. The number of hydrogen-bond acceptors (Lipinski definition) is 2. The maximum atomic E-state index is 9.13. The van der Waals surface area contributed by atoms with Crippen LogP contribution in [0.25, 0.3) is 83.4 Å². The van der Waals surface area contributed by atoms with Crippen LogP contribution >= 0.6 is 0 Å². The van der Waals surface area contributed by atoms with Crippen molar-refractivity contribution < 1.29 is 46.8 Å². The number of benzene rings is 8. The summed E-state index contributed by atoms with van der Waals surface area (Å²) >= 11 is 0. The molecule has 0 amide bonds. The zero-order valence-corrected chi connectivity index (χ0v) is 36.6. The molecule has 312 valence electrons. The molecule has 64 heavy (non-hydrogen) atoms. The molecule has 3 heterocycles. The first kappa shape index (κ1) is 29.1. The summed E-state index contributed by atoms with van der Waals surface area (Å²) in [6.45, 7) is 3.69. The Balaban J connectivity index is 0.00000657. The summed E-state index contributed by atoms with van der Waals surface area (Å²) in [5, 5.41) is 1.83. The van der Waals surface area contributed by atoms with E-state index in [9.17, 15) is 0 Å². The first-order valence-corrected chi connectivity index (χ1v) is 20.4. The van der Waals surface area contributed by atoms with Gasteiger partial charge in [-0.2, -0.15) is 18.2 Å². The monoisotopic (exact) mass is 1020 g/mol. The summed E-state index contributed by atoms with van der Waals surface area (Å²) in [7, 11) is 0. The number of pyridine rings is 1. The third-order valence-corrected chi connectivity index (χ3v) is 10.8. The van der Waals surface area contributed by atoms with Gasteiger partial charge in [-0.25, -0.2) is 4.98 Å². The summed E-state index contributed by atoms with van der Waals surface area (Å²) < 4.78 is 118. The molecular weight excluding hydrogens is 964 g/mol. The molecule has 0 unspecified atom stereocenters. The Bertz CT molecular complexity index is 4000. The predicted octanol–water partition coefficient (Wildman–Crippen LogP) is 13.8. The molecule has 0 aliphatic heterocycles. The van der Waals surface area contributed by atoms with Crippen molar-refractivity contribution in [3.8, 4) is 62.1 Å². The Labute approximate surface area is 404 Å². The van der Waals surface area contributed by atoms with Crippen molar-refractivity contribution >= 4 is 32.8 Å². The molecule has 3 aromatic heterocycles. The predicted molar refractivity (Wildman–Crippen MR) is 255 cm³/mol. The van der Waals surface area contributed by atoms with Gasteiger partial charge in [-0.15, -0.1) is 29.7 Å². The number of para-hydroxylation sites is 2. The van der Waals surface area contributed by atoms with Crippen molar-refractivity contribution in [1.29, 1.82) is 0 Å². The van der Waals surface area contributed by atoms with Crippen molar-refractivity contribution in [3.05, 3.63) is 224 Å². The topological polar surface area (TPSA) is 35.9 Å². The van der Waals surface area contributed by atoms with Crippen LogP contribution < -0.4 is 9.30 Å². The second-order valence-corrected chi connectivity index (χ2v) is 15.2. The summed E-state index contributed by atoms with van der Waals surface area (Å²) in [6, 6.07) is 41.9. The molecule has 6 heteroatoms. The molecular formula is C58H42N4OPt-2. The normalized spacial score (nSPS) is 14.2. The molecule has 8 aromatic carbocycles. The smallest absolute Gasteiger partial charge is 0.268 e. The zero-order chi connectivity index (χ0) is 52.8. The number of imidazole rings is 1. The van der Waals surface area contributed by atoms with Crippen LogP contribution in [-0.2, 0) is 27.4 Å². The Morgan fingerprint density at radius 1 is 0.641 bits per heavy atom. The van der Waals surface area contributed by atoms with Crippen LogP contribution in [0.15, 0.2) is 200 Å². The molecule has 0 N–H and O–H groups in total. The van der Waals surface area contributed by atoms with Gasteiger partial charge in [-0.05, 0) is 86.6 Å². The van der Waals surface area contributed by atoms with Gasteiger partial charge in [0.2, 0.25) is 0 Å². The second-order valence-electron chi connectivity index (χ2n) is 15.2. The average molecular weight is 1020 g/mol. The maximum Gasteiger partial charge on any atom is 0.268 e. The maximum absolute atomic E-state index is 9.13. The van der Waals surface area contributed by atoms with Gasteiger partial charge >= 0.3 is 0 Å². The van der Waals surface area contributed by atoms with Crippen LogP contribution in [0.3, 0.4) is 0 Å². The van der Waals surface area contributed by atoms with Crippen LogP contribution in [0.4, 0.5) is 0 Å². The Morgan fingerprint density at radius 3 is 2.09 bits per heavy atom. The quantitative estimate of drug-likeness (QED) is 0.101. The molecule has 0 atom stereocenters. The fourth-order valence-corrected chi connectivity index (χ4v) is 8.10. The van der Waals surface area contributed by atoms with E-state index in [4.69, 9.17) is 26.2 Å². The van der Waals surface area contributed by atoms with Crippen molar-refractivity contribution in [3.63, 3.8) is 0 Å². The van der Waals surface area contributed by atoms with E-state index in [0.29, 0.717) is 45.1 Å². The number of hydrogen-bond donors (Lipinski definition) is 0. The zero-order valence-electron chi connectivity index (χ0n) is 46.4. The average Bonchev–Trinajstić information content (AvgIpc) is 3.97. The summed E-state index contributed by atoms with van der Waals surface area (Å²) in [6.07, 6.45) is 3.46. The first-order chi connectivity index (χ1) is 36.0. The van der Waals surface area contributed by atoms with Gasteiger partial charge in [0.1, 0.15) is 5.82 Å². The van der Waals surface area contributed by atoms with Gasteiger partial charge in [0.15, 0.2) is 0 Å². The molecule has 0 aliphatic rings. The molecule has 11 aromatic rings. The first-order valence-electron chi connectivity index (χ1n) is 26.4. The van der Waals surface area contributed by atoms with Crippen molar-refractivity contribution in [2.75, 3.05) is 0 Å². The van der Waals surface area contributed by atoms with E-state index in [2.05, 4.69) is 18.5 Å². The molecule has 11 rings (SSSR count). The molecule has 0 saturated carbocycles. The molecule has 0 saturated heterocycles. The number of fused-ring (bicyclic) bond motifs is 4. The second kappa shape index (κ2) is 17.4. The molecule has 5 nitrogen and oxygen atoms in total. The Kier molecular flexibility index (Phi) is 7.93. The van der Waals surface area contributed by atoms with Crippen LogP contribution in [0, 0.1) is 24.4 Å². The third kappa shape index (κ3) is 7.63. The van der Waals surface area contributed by atoms with Gasteiger partial charge in [-0.1, -0.05) is 159 Å². The fraction of sp³-hybridized carbons (Fsp3) is 0.0690. The number of ether oxygens (including phenoxy) is 1. The fourth-order valence-electron chi connectivity index (χ4n) is 8.10. The Morgan fingerprint density at radius 2 is 1.34 bits per heavy atom. The van der Waals surface area contributed by atoms with E-state index in [1.165, 1.54) is 0 Å². The van der Waals surface area contributed by atoms with Crippen molar-refractivity contribution in [2.24, 2.45) is 5.92 Å². The molecule has 0 bridgehead atoms. The van der Waals surface area contributed by atoms with E-state index >= 15 is 0 Å². The van der Waals surface area contributed by atoms with Gasteiger partial charge in [0.05, 0.1) is 30.4 Å². The molecule has 0 fully saturated rings. The van der Waals surface area contributed by atoms with Crippen LogP contribution in [0.1, 0.15) is 35.9 Å². The summed E-state index contributed by atoms with van der Waals surface area (Å²) in [4.78, 5) is 4.70. The largest absolute Gasteiger partial charge is 0.510 e. The van der Waals surface area contributed by atoms with E-state index in [1.807, 2.05) is 103 Å². The number of nitrogens with zero attached hydrogens (tertiary/aromatic N) is 4. The van der Waals surface area contributed by atoms with E-state index < -0.39 is 66.8 Å². The van der Waals surface area contributed by atoms with E-state index in [-0.39, 0.29) is 54.9 Å². The molecule has 0 radical (unpaired) electrons. The van der Waals surface area contributed by atoms with E-state index in [1.54, 1.807) is 63.9 Å². The minimum absolute atomic E-state index is 0. The van der Waals surface area contributed by atoms with Crippen molar-refractivity contribution in [1.82, 2.24) is 14.1 Å².